The summed E-state index contributed by atoms with van der Waals surface area (Å²) in [5, 5.41) is 0. The molecule has 1 rings (SSSR count). The van der Waals surface area contributed by atoms with Crippen molar-refractivity contribution in [3.8, 4) is 0 Å². The van der Waals surface area contributed by atoms with Gasteiger partial charge >= 0.3 is 6.18 Å². The van der Waals surface area contributed by atoms with Gasteiger partial charge in [0.25, 0.3) is 0 Å². The van der Waals surface area contributed by atoms with Crippen LogP contribution in [0.15, 0.2) is 24.3 Å². The standard InChI is InChI=1S/C13H19F3N2O/c1-18(7-9-19-8-6-17)10-11-4-2-3-5-12(11)13(14,15)16/h2-5H,6-10,17H2,1H3. The van der Waals surface area contributed by atoms with E-state index in [-0.39, 0.29) is 12.1 Å². The number of hydrogen-bond donors (Lipinski definition) is 1. The molecular weight excluding hydrogens is 257 g/mol. The molecule has 0 fully saturated rings. The lowest BCUT2D eigenvalue weighted by Crippen LogP contribution is -2.25. The summed E-state index contributed by atoms with van der Waals surface area (Å²) in [6.07, 6.45) is -4.31. The minimum absolute atomic E-state index is 0.238. The van der Waals surface area contributed by atoms with Gasteiger partial charge in [-0.3, -0.25) is 4.90 Å². The van der Waals surface area contributed by atoms with Gasteiger partial charge in [-0.1, -0.05) is 18.2 Å². The molecule has 6 heteroatoms. The van der Waals surface area contributed by atoms with Crippen LogP contribution in [0.4, 0.5) is 13.2 Å². The molecule has 0 aliphatic rings. The summed E-state index contributed by atoms with van der Waals surface area (Å²) in [5.41, 5.74) is 4.97. The van der Waals surface area contributed by atoms with Crippen molar-refractivity contribution >= 4 is 0 Å². The fraction of sp³-hybridized carbons (Fsp3) is 0.538. The first kappa shape index (κ1) is 15.9. The first-order valence-corrected chi connectivity index (χ1v) is 6.06. The van der Waals surface area contributed by atoms with Gasteiger partial charge in [0.05, 0.1) is 18.8 Å². The molecule has 1 aromatic rings. The third-order valence-electron chi connectivity index (χ3n) is 2.64. The van der Waals surface area contributed by atoms with Crippen molar-refractivity contribution in [3.63, 3.8) is 0 Å². The first-order chi connectivity index (χ1) is 8.95. The van der Waals surface area contributed by atoms with Crippen LogP contribution in [0.2, 0.25) is 0 Å². The number of likely N-dealkylation sites (N-methyl/N-ethyl adjacent to an activating group) is 1. The molecule has 0 spiro atoms. The zero-order valence-electron chi connectivity index (χ0n) is 10.9. The lowest BCUT2D eigenvalue weighted by molar-refractivity contribution is -0.138. The molecule has 2 N–H and O–H groups in total. The van der Waals surface area contributed by atoms with Crippen molar-refractivity contribution in [2.75, 3.05) is 33.4 Å². The summed E-state index contributed by atoms with van der Waals surface area (Å²) < 4.78 is 43.6. The molecular formula is C13H19F3N2O. The Bertz CT molecular complexity index is 382. The molecule has 0 amide bonds. The Hall–Kier alpha value is -1.11. The predicted octanol–water partition coefficient (Wildman–Crippen LogP) is 2.11. The Balaban J connectivity index is 2.57. The quantitative estimate of drug-likeness (QED) is 0.775. The summed E-state index contributed by atoms with van der Waals surface area (Å²) in [6.45, 7) is 2.17. The maximum atomic E-state index is 12.8. The largest absolute Gasteiger partial charge is 0.416 e. The second-order valence-corrected chi connectivity index (χ2v) is 4.29. The van der Waals surface area contributed by atoms with Crippen molar-refractivity contribution < 1.29 is 17.9 Å². The molecule has 0 aliphatic carbocycles. The second-order valence-electron chi connectivity index (χ2n) is 4.29. The minimum Gasteiger partial charge on any atom is -0.379 e. The van der Waals surface area contributed by atoms with Crippen LogP contribution in [0.5, 0.6) is 0 Å². The van der Waals surface area contributed by atoms with Gasteiger partial charge in [-0.25, -0.2) is 0 Å². The van der Waals surface area contributed by atoms with E-state index in [1.54, 1.807) is 18.0 Å². The van der Waals surface area contributed by atoms with E-state index in [1.807, 2.05) is 0 Å². The van der Waals surface area contributed by atoms with Gasteiger partial charge in [-0.05, 0) is 18.7 Å². The van der Waals surface area contributed by atoms with Crippen LogP contribution in [0.1, 0.15) is 11.1 Å². The highest BCUT2D eigenvalue weighted by molar-refractivity contribution is 5.29. The van der Waals surface area contributed by atoms with Crippen LogP contribution in [-0.2, 0) is 17.5 Å². The lowest BCUT2D eigenvalue weighted by Gasteiger charge is -2.19. The van der Waals surface area contributed by atoms with Gasteiger partial charge in [0, 0.05) is 19.6 Å². The van der Waals surface area contributed by atoms with Crippen molar-refractivity contribution in [1.82, 2.24) is 4.90 Å². The van der Waals surface area contributed by atoms with Gasteiger partial charge in [0.2, 0.25) is 0 Å². The highest BCUT2D eigenvalue weighted by Crippen LogP contribution is 2.32. The molecule has 0 saturated carbocycles. The molecule has 108 valence electrons. The summed E-state index contributed by atoms with van der Waals surface area (Å²) in [5.74, 6) is 0. The fourth-order valence-electron chi connectivity index (χ4n) is 1.71. The van der Waals surface area contributed by atoms with E-state index < -0.39 is 11.7 Å². The number of halogens is 3. The van der Waals surface area contributed by atoms with Crippen molar-refractivity contribution in [3.05, 3.63) is 35.4 Å². The van der Waals surface area contributed by atoms with Crippen molar-refractivity contribution in [2.24, 2.45) is 5.73 Å². The maximum absolute atomic E-state index is 12.8. The SMILES string of the molecule is CN(CCOCCN)Cc1ccccc1C(F)(F)F. The minimum atomic E-state index is -4.31. The molecule has 1 aromatic carbocycles. The number of ether oxygens (including phenoxy) is 1. The van der Waals surface area contributed by atoms with Crippen molar-refractivity contribution in [2.45, 2.75) is 12.7 Å². The van der Waals surface area contributed by atoms with Crippen LogP contribution in [0.25, 0.3) is 0 Å². The number of alkyl halides is 3. The summed E-state index contributed by atoms with van der Waals surface area (Å²) in [7, 11) is 1.76. The molecule has 0 atom stereocenters. The highest BCUT2D eigenvalue weighted by atomic mass is 19.4. The van der Waals surface area contributed by atoms with Crippen LogP contribution < -0.4 is 5.73 Å². The van der Waals surface area contributed by atoms with E-state index in [0.717, 1.165) is 6.07 Å². The number of benzene rings is 1. The van der Waals surface area contributed by atoms with E-state index >= 15 is 0 Å². The van der Waals surface area contributed by atoms with Gasteiger partial charge < -0.3 is 10.5 Å². The Morgan fingerprint density at radius 1 is 1.21 bits per heavy atom. The monoisotopic (exact) mass is 276 g/mol. The molecule has 19 heavy (non-hydrogen) atoms. The van der Waals surface area contributed by atoms with Gasteiger partial charge in [0.1, 0.15) is 0 Å². The van der Waals surface area contributed by atoms with Crippen LogP contribution in [0, 0.1) is 0 Å². The van der Waals surface area contributed by atoms with Gasteiger partial charge in [-0.2, -0.15) is 13.2 Å². The summed E-state index contributed by atoms with van der Waals surface area (Å²) >= 11 is 0. The Morgan fingerprint density at radius 3 is 2.53 bits per heavy atom. The Labute approximate surface area is 111 Å². The topological polar surface area (TPSA) is 38.5 Å². The highest BCUT2D eigenvalue weighted by Gasteiger charge is 2.32. The predicted molar refractivity (Wildman–Crippen MR) is 67.7 cm³/mol. The van der Waals surface area contributed by atoms with E-state index in [2.05, 4.69) is 0 Å². The van der Waals surface area contributed by atoms with Crippen molar-refractivity contribution in [1.29, 1.82) is 0 Å². The summed E-state index contributed by atoms with van der Waals surface area (Å²) in [4.78, 5) is 1.79. The molecule has 0 radical (unpaired) electrons. The van der Waals surface area contributed by atoms with E-state index in [9.17, 15) is 13.2 Å². The lowest BCUT2D eigenvalue weighted by atomic mass is 10.1. The van der Waals surface area contributed by atoms with Gasteiger partial charge in [-0.15, -0.1) is 0 Å². The normalized spacial score (nSPS) is 12.1. The molecule has 0 saturated heterocycles. The Morgan fingerprint density at radius 2 is 1.89 bits per heavy atom. The number of nitrogens with two attached hydrogens (primary N) is 1. The molecule has 0 heterocycles. The number of nitrogens with zero attached hydrogens (tertiary/aromatic N) is 1. The van der Waals surface area contributed by atoms with E-state index in [1.165, 1.54) is 12.1 Å². The second kappa shape index (κ2) is 7.47. The zero-order valence-corrected chi connectivity index (χ0v) is 10.9. The zero-order chi connectivity index (χ0) is 14.3. The average molecular weight is 276 g/mol. The van der Waals surface area contributed by atoms with Crippen LogP contribution in [-0.4, -0.2) is 38.3 Å². The third kappa shape index (κ3) is 5.59. The smallest absolute Gasteiger partial charge is 0.379 e. The molecule has 0 bridgehead atoms. The molecule has 0 unspecified atom stereocenters. The maximum Gasteiger partial charge on any atom is 0.416 e. The Kier molecular flexibility index (Phi) is 6.27. The first-order valence-electron chi connectivity index (χ1n) is 6.06. The molecule has 0 aromatic heterocycles. The third-order valence-corrected chi connectivity index (χ3v) is 2.64. The number of hydrogen-bond acceptors (Lipinski definition) is 3. The van der Waals surface area contributed by atoms with E-state index in [4.69, 9.17) is 10.5 Å². The van der Waals surface area contributed by atoms with Crippen LogP contribution in [0.3, 0.4) is 0 Å². The fourth-order valence-corrected chi connectivity index (χ4v) is 1.71. The van der Waals surface area contributed by atoms with E-state index in [0.29, 0.717) is 26.3 Å². The molecule has 3 nitrogen and oxygen atoms in total. The average Bonchev–Trinajstić information content (AvgIpc) is 2.34. The number of rotatable bonds is 7. The van der Waals surface area contributed by atoms with Gasteiger partial charge in [0.15, 0.2) is 0 Å². The van der Waals surface area contributed by atoms with Crippen LogP contribution >= 0.6 is 0 Å². The molecule has 0 aliphatic heterocycles. The summed E-state index contributed by atoms with van der Waals surface area (Å²) in [6, 6.07) is 5.62.